The highest BCUT2D eigenvalue weighted by Gasteiger charge is 2.18. The lowest BCUT2D eigenvalue weighted by atomic mass is 10.0. The molecule has 0 radical (unpaired) electrons. The number of benzene rings is 1. The third-order valence-electron chi connectivity index (χ3n) is 2.83. The lowest BCUT2D eigenvalue weighted by molar-refractivity contribution is -0.109. The van der Waals surface area contributed by atoms with Crippen LogP contribution in [-0.4, -0.2) is 41.3 Å². The van der Waals surface area contributed by atoms with Gasteiger partial charge >= 0.3 is 0 Å². The molecule has 1 aromatic rings. The Labute approximate surface area is 118 Å². The van der Waals surface area contributed by atoms with Gasteiger partial charge in [0.2, 0.25) is 0 Å². The maximum Gasteiger partial charge on any atom is 0.185 e. The predicted molar refractivity (Wildman–Crippen MR) is 79.5 cm³/mol. The lowest BCUT2D eigenvalue weighted by Gasteiger charge is -2.19. The number of carbonyl (C=O) groups is 1. The normalized spacial score (nSPS) is 13.9. The Hall–Kier alpha value is -1.04. The van der Waals surface area contributed by atoms with Crippen LogP contribution in [0, 0.1) is 0 Å². The van der Waals surface area contributed by atoms with Crippen molar-refractivity contribution in [1.29, 1.82) is 0 Å². The van der Waals surface area contributed by atoms with Gasteiger partial charge in [0, 0.05) is 32.5 Å². The fourth-order valence-corrected chi connectivity index (χ4v) is 2.32. The molecule has 0 heterocycles. The van der Waals surface area contributed by atoms with Gasteiger partial charge in [0.1, 0.15) is 6.10 Å². The van der Waals surface area contributed by atoms with Crippen LogP contribution in [0.4, 0.5) is 5.69 Å². The zero-order valence-corrected chi connectivity index (χ0v) is 12.4. The Balaban J connectivity index is 2.56. The average Bonchev–Trinajstić information content (AvgIpc) is 2.37. The molecule has 0 fully saturated rings. The van der Waals surface area contributed by atoms with E-state index in [1.165, 1.54) is 6.92 Å². The SMILES string of the molecule is CC(=O)SCCC(O)C(O)c1ccc(N(C)C)cc1. The van der Waals surface area contributed by atoms with Crippen LogP contribution in [0.3, 0.4) is 0 Å². The minimum atomic E-state index is -0.913. The van der Waals surface area contributed by atoms with E-state index >= 15 is 0 Å². The Morgan fingerprint density at radius 3 is 2.32 bits per heavy atom. The highest BCUT2D eigenvalue weighted by Crippen LogP contribution is 2.22. The Morgan fingerprint density at radius 1 is 1.26 bits per heavy atom. The monoisotopic (exact) mass is 283 g/mol. The lowest BCUT2D eigenvalue weighted by Crippen LogP contribution is -2.19. The first-order valence-electron chi connectivity index (χ1n) is 6.18. The average molecular weight is 283 g/mol. The minimum Gasteiger partial charge on any atom is -0.390 e. The summed E-state index contributed by atoms with van der Waals surface area (Å²) in [5.74, 6) is 0.517. The third kappa shape index (κ3) is 5.22. The molecule has 0 amide bonds. The predicted octanol–water partition coefficient (Wildman–Crippen LogP) is 1.82. The second-order valence-electron chi connectivity index (χ2n) is 4.63. The van der Waals surface area contributed by atoms with E-state index in [1.54, 1.807) is 12.1 Å². The first-order chi connectivity index (χ1) is 8.91. The molecule has 106 valence electrons. The molecule has 2 N–H and O–H groups in total. The summed E-state index contributed by atoms with van der Waals surface area (Å²) in [6.45, 7) is 1.49. The number of aliphatic hydroxyl groups excluding tert-OH is 2. The van der Waals surface area contributed by atoms with Crippen LogP contribution in [0.15, 0.2) is 24.3 Å². The number of anilines is 1. The van der Waals surface area contributed by atoms with E-state index in [0.29, 0.717) is 17.7 Å². The van der Waals surface area contributed by atoms with Gasteiger partial charge < -0.3 is 15.1 Å². The Bertz CT molecular complexity index is 406. The van der Waals surface area contributed by atoms with E-state index in [2.05, 4.69) is 0 Å². The molecule has 0 aliphatic carbocycles. The van der Waals surface area contributed by atoms with E-state index in [-0.39, 0.29) is 5.12 Å². The molecule has 0 aliphatic heterocycles. The molecular formula is C14H21NO3S. The second-order valence-corrected chi connectivity index (χ2v) is 5.90. The van der Waals surface area contributed by atoms with Crippen molar-refractivity contribution in [3.05, 3.63) is 29.8 Å². The molecule has 0 bridgehead atoms. The molecule has 0 saturated heterocycles. The van der Waals surface area contributed by atoms with Crippen LogP contribution >= 0.6 is 11.8 Å². The third-order valence-corrected chi connectivity index (χ3v) is 3.68. The van der Waals surface area contributed by atoms with E-state index in [9.17, 15) is 15.0 Å². The first kappa shape index (κ1) is 16.0. The molecule has 5 heteroatoms. The van der Waals surface area contributed by atoms with Crippen molar-refractivity contribution in [2.24, 2.45) is 0 Å². The van der Waals surface area contributed by atoms with Crippen molar-refractivity contribution in [2.75, 3.05) is 24.7 Å². The van der Waals surface area contributed by atoms with Crippen LogP contribution < -0.4 is 4.90 Å². The second kappa shape index (κ2) is 7.53. The van der Waals surface area contributed by atoms with E-state index in [0.717, 1.165) is 17.4 Å². The van der Waals surface area contributed by atoms with E-state index in [1.807, 2.05) is 31.1 Å². The van der Waals surface area contributed by atoms with Crippen LogP contribution in [0.5, 0.6) is 0 Å². The summed E-state index contributed by atoms with van der Waals surface area (Å²) in [5, 5.41) is 19.9. The number of carbonyl (C=O) groups excluding carboxylic acids is 1. The number of thioether (sulfide) groups is 1. The zero-order chi connectivity index (χ0) is 14.4. The van der Waals surface area contributed by atoms with Crippen molar-refractivity contribution >= 4 is 22.6 Å². The molecule has 2 unspecified atom stereocenters. The minimum absolute atomic E-state index is 0.0250. The number of aliphatic hydroxyl groups is 2. The fourth-order valence-electron chi connectivity index (χ4n) is 1.67. The van der Waals surface area contributed by atoms with Gasteiger partial charge in [0.05, 0.1) is 6.10 Å². The summed E-state index contributed by atoms with van der Waals surface area (Å²) >= 11 is 1.16. The smallest absolute Gasteiger partial charge is 0.185 e. The number of hydrogen-bond acceptors (Lipinski definition) is 5. The van der Waals surface area contributed by atoms with Crippen LogP contribution in [0.2, 0.25) is 0 Å². The molecule has 2 atom stereocenters. The fraction of sp³-hybridized carbons (Fsp3) is 0.500. The van der Waals surface area contributed by atoms with Gasteiger partial charge in [-0.15, -0.1) is 0 Å². The topological polar surface area (TPSA) is 60.8 Å². The molecule has 1 rings (SSSR count). The van der Waals surface area contributed by atoms with Crippen molar-refractivity contribution in [3.8, 4) is 0 Å². The van der Waals surface area contributed by atoms with Gasteiger partial charge in [-0.2, -0.15) is 0 Å². The van der Waals surface area contributed by atoms with Gasteiger partial charge in [0.25, 0.3) is 0 Å². The summed E-state index contributed by atoms with van der Waals surface area (Å²) in [7, 11) is 3.89. The van der Waals surface area contributed by atoms with E-state index in [4.69, 9.17) is 0 Å². The zero-order valence-electron chi connectivity index (χ0n) is 11.5. The first-order valence-corrected chi connectivity index (χ1v) is 7.17. The molecule has 4 nitrogen and oxygen atoms in total. The number of rotatable bonds is 6. The molecule has 1 aromatic carbocycles. The molecule has 0 aliphatic rings. The van der Waals surface area contributed by atoms with Crippen LogP contribution in [0.25, 0.3) is 0 Å². The van der Waals surface area contributed by atoms with Crippen LogP contribution in [0.1, 0.15) is 25.0 Å². The largest absolute Gasteiger partial charge is 0.390 e. The highest BCUT2D eigenvalue weighted by atomic mass is 32.2. The summed E-state index contributed by atoms with van der Waals surface area (Å²) in [4.78, 5) is 12.7. The van der Waals surface area contributed by atoms with E-state index < -0.39 is 12.2 Å². The van der Waals surface area contributed by atoms with Crippen molar-refractivity contribution in [2.45, 2.75) is 25.6 Å². The maximum absolute atomic E-state index is 10.8. The molecule has 19 heavy (non-hydrogen) atoms. The molecular weight excluding hydrogens is 262 g/mol. The Morgan fingerprint density at radius 2 is 1.84 bits per heavy atom. The van der Waals surface area contributed by atoms with Gasteiger partial charge in [-0.1, -0.05) is 23.9 Å². The standard InChI is InChI=1S/C14H21NO3S/c1-10(16)19-9-8-13(17)14(18)11-4-6-12(7-5-11)15(2)3/h4-7,13-14,17-18H,8-9H2,1-3H3. The van der Waals surface area contributed by atoms with Gasteiger partial charge in [-0.3, -0.25) is 4.79 Å². The van der Waals surface area contributed by atoms with Gasteiger partial charge in [-0.05, 0) is 24.1 Å². The molecule has 0 saturated carbocycles. The molecule has 0 spiro atoms. The number of hydrogen-bond donors (Lipinski definition) is 2. The quantitative estimate of drug-likeness (QED) is 0.834. The maximum atomic E-state index is 10.8. The summed E-state index contributed by atoms with van der Waals surface area (Å²) in [6.07, 6.45) is -1.37. The van der Waals surface area contributed by atoms with Crippen molar-refractivity contribution < 1.29 is 15.0 Å². The molecule has 0 aromatic heterocycles. The Kier molecular flexibility index (Phi) is 6.34. The highest BCUT2D eigenvalue weighted by molar-refractivity contribution is 8.13. The van der Waals surface area contributed by atoms with Gasteiger partial charge in [0.15, 0.2) is 5.12 Å². The summed E-state index contributed by atoms with van der Waals surface area (Å²) < 4.78 is 0. The van der Waals surface area contributed by atoms with Crippen molar-refractivity contribution in [3.63, 3.8) is 0 Å². The van der Waals surface area contributed by atoms with Crippen molar-refractivity contribution in [1.82, 2.24) is 0 Å². The van der Waals surface area contributed by atoms with Crippen LogP contribution in [-0.2, 0) is 4.79 Å². The van der Waals surface area contributed by atoms with Gasteiger partial charge in [-0.25, -0.2) is 0 Å². The number of nitrogens with zero attached hydrogens (tertiary/aromatic N) is 1. The summed E-state index contributed by atoms with van der Waals surface area (Å²) in [6, 6.07) is 7.41. The summed E-state index contributed by atoms with van der Waals surface area (Å²) in [5.41, 5.74) is 1.73.